The van der Waals surface area contributed by atoms with E-state index in [9.17, 15) is 4.79 Å². The maximum Gasteiger partial charge on any atom is 0.296 e. The third-order valence-electron chi connectivity index (χ3n) is 4.61. The summed E-state index contributed by atoms with van der Waals surface area (Å²) >= 11 is 7.07. The third kappa shape index (κ3) is 4.99. The number of hydrogen-bond acceptors (Lipinski definition) is 6. The Bertz CT molecular complexity index is 1030. The van der Waals surface area contributed by atoms with E-state index < -0.39 is 0 Å². The minimum Gasteiger partial charge on any atom is -0.464 e. The summed E-state index contributed by atoms with van der Waals surface area (Å²) in [6.07, 6.45) is 9.91. The SMILES string of the molecule is O=C(Nc1nnc(OCc2ccc(Cl)cc2)s1)c1ccncc1C1=CCCCC1. The number of halogens is 1. The predicted octanol–water partition coefficient (Wildman–Crippen LogP) is 5.38. The van der Waals surface area contributed by atoms with Gasteiger partial charge in [-0.05, 0) is 66.4 Å². The molecule has 1 aliphatic rings. The first-order chi connectivity index (χ1) is 14.2. The topological polar surface area (TPSA) is 77.0 Å². The van der Waals surface area contributed by atoms with Gasteiger partial charge in [0.25, 0.3) is 11.1 Å². The molecule has 8 heteroatoms. The van der Waals surface area contributed by atoms with E-state index in [0.29, 0.717) is 27.5 Å². The van der Waals surface area contributed by atoms with Crippen LogP contribution >= 0.6 is 22.9 Å². The lowest BCUT2D eigenvalue weighted by atomic mass is 9.92. The Kier molecular flexibility index (Phi) is 6.17. The van der Waals surface area contributed by atoms with Crippen molar-refractivity contribution in [2.45, 2.75) is 32.3 Å². The summed E-state index contributed by atoms with van der Waals surface area (Å²) in [5.41, 5.74) is 3.62. The van der Waals surface area contributed by atoms with Gasteiger partial charge in [0.15, 0.2) is 0 Å². The summed E-state index contributed by atoms with van der Waals surface area (Å²) in [7, 11) is 0. The van der Waals surface area contributed by atoms with E-state index in [0.717, 1.165) is 30.4 Å². The van der Waals surface area contributed by atoms with E-state index in [2.05, 4.69) is 26.6 Å². The molecule has 3 aromatic rings. The molecule has 2 heterocycles. The third-order valence-corrected chi connectivity index (χ3v) is 5.61. The van der Waals surface area contributed by atoms with Gasteiger partial charge < -0.3 is 4.74 Å². The lowest BCUT2D eigenvalue weighted by Gasteiger charge is -2.15. The monoisotopic (exact) mass is 426 g/mol. The van der Waals surface area contributed by atoms with Crippen LogP contribution in [0.1, 0.15) is 47.2 Å². The maximum atomic E-state index is 12.8. The molecule has 0 saturated heterocycles. The number of allylic oxidation sites excluding steroid dienone is 2. The number of carbonyl (C=O) groups excluding carboxylic acids is 1. The van der Waals surface area contributed by atoms with E-state index in [1.807, 2.05) is 12.1 Å². The molecule has 0 aliphatic heterocycles. The van der Waals surface area contributed by atoms with Crippen molar-refractivity contribution < 1.29 is 9.53 Å². The highest BCUT2D eigenvalue weighted by molar-refractivity contribution is 7.17. The minimum absolute atomic E-state index is 0.228. The summed E-state index contributed by atoms with van der Waals surface area (Å²) in [6, 6.07) is 9.12. The molecule has 0 spiro atoms. The molecule has 148 valence electrons. The van der Waals surface area contributed by atoms with Gasteiger partial charge in [-0.1, -0.05) is 34.9 Å². The second kappa shape index (κ2) is 9.15. The van der Waals surface area contributed by atoms with Crippen LogP contribution in [0.2, 0.25) is 5.02 Å². The number of nitrogens with one attached hydrogen (secondary N) is 1. The van der Waals surface area contributed by atoms with Crippen LogP contribution < -0.4 is 10.1 Å². The quantitative estimate of drug-likeness (QED) is 0.572. The molecule has 1 amide bonds. The first kappa shape index (κ1) is 19.5. The fourth-order valence-corrected chi connectivity index (χ4v) is 3.86. The summed E-state index contributed by atoms with van der Waals surface area (Å²) in [4.78, 5) is 17.0. The van der Waals surface area contributed by atoms with Crippen LogP contribution in [-0.2, 0) is 6.61 Å². The van der Waals surface area contributed by atoms with E-state index in [4.69, 9.17) is 16.3 Å². The standard InChI is InChI=1S/C21H19ClN4O2S/c22-16-8-6-14(7-9-16)13-28-21-26-25-20(29-21)24-19(27)17-10-11-23-12-18(17)15-4-2-1-3-5-15/h4,6-12H,1-3,5,13H2,(H,24,25,27). The maximum absolute atomic E-state index is 12.8. The Labute approximate surface area is 177 Å². The van der Waals surface area contributed by atoms with E-state index in [1.54, 1.807) is 30.6 Å². The molecule has 29 heavy (non-hydrogen) atoms. The van der Waals surface area contributed by atoms with Gasteiger partial charge in [0.05, 0.1) is 5.56 Å². The fourth-order valence-electron chi connectivity index (χ4n) is 3.14. The minimum atomic E-state index is -0.228. The molecule has 0 fully saturated rings. The summed E-state index contributed by atoms with van der Waals surface area (Å²) in [5.74, 6) is -0.228. The van der Waals surface area contributed by atoms with Gasteiger partial charge in [0.1, 0.15) is 6.61 Å². The van der Waals surface area contributed by atoms with Gasteiger partial charge in [-0.15, -0.1) is 5.10 Å². The van der Waals surface area contributed by atoms with Crippen molar-refractivity contribution in [3.8, 4) is 5.19 Å². The Balaban J connectivity index is 1.42. The normalized spacial score (nSPS) is 13.6. The highest BCUT2D eigenvalue weighted by atomic mass is 35.5. The van der Waals surface area contributed by atoms with Crippen LogP contribution in [0.15, 0.2) is 48.8 Å². The number of nitrogens with zero attached hydrogens (tertiary/aromatic N) is 3. The van der Waals surface area contributed by atoms with Crippen molar-refractivity contribution >= 4 is 39.5 Å². The van der Waals surface area contributed by atoms with E-state index in [-0.39, 0.29) is 5.91 Å². The van der Waals surface area contributed by atoms with E-state index >= 15 is 0 Å². The molecular weight excluding hydrogens is 408 g/mol. The molecule has 0 saturated carbocycles. The second-order valence-electron chi connectivity index (χ2n) is 6.64. The van der Waals surface area contributed by atoms with Crippen LogP contribution in [0.4, 0.5) is 5.13 Å². The lowest BCUT2D eigenvalue weighted by molar-refractivity contribution is 0.102. The molecule has 1 aliphatic carbocycles. The van der Waals surface area contributed by atoms with Gasteiger partial charge in [-0.25, -0.2) is 0 Å². The van der Waals surface area contributed by atoms with Crippen LogP contribution in [0.3, 0.4) is 0 Å². The Hall–Kier alpha value is -2.77. The van der Waals surface area contributed by atoms with Crippen molar-refractivity contribution in [3.05, 3.63) is 70.5 Å². The largest absolute Gasteiger partial charge is 0.464 e. The average molecular weight is 427 g/mol. The molecule has 0 bridgehead atoms. The van der Waals surface area contributed by atoms with Crippen LogP contribution in [0.25, 0.3) is 5.57 Å². The number of carbonyl (C=O) groups is 1. The molecular formula is C21H19ClN4O2S. The van der Waals surface area contributed by atoms with Crippen LogP contribution in [-0.4, -0.2) is 21.1 Å². The number of hydrogen-bond donors (Lipinski definition) is 1. The smallest absolute Gasteiger partial charge is 0.296 e. The van der Waals surface area contributed by atoms with Crippen molar-refractivity contribution in [1.29, 1.82) is 0 Å². The highest BCUT2D eigenvalue weighted by Gasteiger charge is 2.17. The van der Waals surface area contributed by atoms with Crippen LogP contribution in [0.5, 0.6) is 5.19 Å². The Morgan fingerprint density at radius 2 is 2.03 bits per heavy atom. The zero-order valence-corrected chi connectivity index (χ0v) is 17.2. The first-order valence-corrected chi connectivity index (χ1v) is 10.5. The number of anilines is 1. The van der Waals surface area contributed by atoms with Gasteiger partial charge in [-0.2, -0.15) is 0 Å². The number of benzene rings is 1. The zero-order valence-electron chi connectivity index (χ0n) is 15.6. The molecule has 0 radical (unpaired) electrons. The van der Waals surface area contributed by atoms with Gasteiger partial charge >= 0.3 is 0 Å². The fraction of sp³-hybridized carbons (Fsp3) is 0.238. The predicted molar refractivity (Wildman–Crippen MR) is 114 cm³/mol. The van der Waals surface area contributed by atoms with Crippen molar-refractivity contribution in [2.24, 2.45) is 0 Å². The Morgan fingerprint density at radius 3 is 2.83 bits per heavy atom. The Morgan fingerprint density at radius 1 is 1.17 bits per heavy atom. The van der Waals surface area contributed by atoms with Crippen LogP contribution in [0, 0.1) is 0 Å². The first-order valence-electron chi connectivity index (χ1n) is 9.34. The zero-order chi connectivity index (χ0) is 20.1. The second-order valence-corrected chi connectivity index (χ2v) is 8.02. The van der Waals surface area contributed by atoms with Gasteiger partial charge in [-0.3, -0.25) is 15.1 Å². The average Bonchev–Trinajstić information content (AvgIpc) is 3.21. The highest BCUT2D eigenvalue weighted by Crippen LogP contribution is 2.29. The number of rotatable bonds is 6. The number of aromatic nitrogens is 3. The summed E-state index contributed by atoms with van der Waals surface area (Å²) in [6.45, 7) is 0.350. The number of pyridine rings is 1. The molecule has 4 rings (SSSR count). The van der Waals surface area contributed by atoms with Gasteiger partial charge in [0.2, 0.25) is 5.13 Å². The molecule has 0 unspecified atom stereocenters. The van der Waals surface area contributed by atoms with Crippen molar-refractivity contribution in [3.63, 3.8) is 0 Å². The van der Waals surface area contributed by atoms with Gasteiger partial charge in [0, 0.05) is 23.0 Å². The number of ether oxygens (including phenoxy) is 1. The molecule has 1 aromatic carbocycles. The number of amides is 1. The van der Waals surface area contributed by atoms with Crippen molar-refractivity contribution in [1.82, 2.24) is 15.2 Å². The van der Waals surface area contributed by atoms with Crippen molar-refractivity contribution in [2.75, 3.05) is 5.32 Å². The molecule has 6 nitrogen and oxygen atoms in total. The summed E-state index contributed by atoms with van der Waals surface area (Å²) in [5, 5.41) is 12.3. The molecule has 0 atom stereocenters. The molecule has 1 N–H and O–H groups in total. The lowest BCUT2D eigenvalue weighted by Crippen LogP contribution is -2.14. The van der Waals surface area contributed by atoms with E-state index in [1.165, 1.54) is 23.3 Å². The summed E-state index contributed by atoms with van der Waals surface area (Å²) < 4.78 is 5.65. The molecule has 2 aromatic heterocycles.